The van der Waals surface area contributed by atoms with Crippen molar-refractivity contribution in [2.45, 2.75) is 13.0 Å². The summed E-state index contributed by atoms with van der Waals surface area (Å²) in [5.74, 6) is 0.360. The molecule has 31 heavy (non-hydrogen) atoms. The minimum atomic E-state index is -0.301. The second kappa shape index (κ2) is 7.84. The van der Waals surface area contributed by atoms with Crippen molar-refractivity contribution in [1.29, 1.82) is 0 Å². The molecule has 1 aromatic heterocycles. The number of rotatable bonds is 5. The summed E-state index contributed by atoms with van der Waals surface area (Å²) in [6.07, 6.45) is 0.665. The quantitative estimate of drug-likeness (QED) is 0.450. The minimum absolute atomic E-state index is 0.0333. The van der Waals surface area contributed by atoms with E-state index in [2.05, 4.69) is 6.07 Å². The maximum Gasteiger partial charge on any atom is 0.255 e. The standard InChI is InChI=1S/C26H21FN2O2/c1-31-24-13-12-21(17-6-9-19(27)10-7-17)25-22(24)16-29(26(25)30)15-14-20-11-8-18-4-2-3-5-23(18)28-20/h2-13H,14-16H2,1H3. The number of para-hydroxylation sites is 1. The van der Waals surface area contributed by atoms with Gasteiger partial charge in [-0.05, 0) is 47.5 Å². The Balaban J connectivity index is 1.43. The van der Waals surface area contributed by atoms with Crippen molar-refractivity contribution in [2.24, 2.45) is 0 Å². The second-order valence-electron chi connectivity index (χ2n) is 7.65. The Morgan fingerprint density at radius 2 is 1.81 bits per heavy atom. The summed E-state index contributed by atoms with van der Waals surface area (Å²) in [6.45, 7) is 1.05. The van der Waals surface area contributed by atoms with Crippen molar-refractivity contribution in [3.63, 3.8) is 0 Å². The van der Waals surface area contributed by atoms with E-state index in [0.29, 0.717) is 30.8 Å². The van der Waals surface area contributed by atoms with Crippen LogP contribution in [-0.2, 0) is 13.0 Å². The van der Waals surface area contributed by atoms with Crippen LogP contribution in [0.1, 0.15) is 21.6 Å². The predicted octanol–water partition coefficient (Wildman–Crippen LogP) is 5.25. The van der Waals surface area contributed by atoms with Gasteiger partial charge in [-0.25, -0.2) is 4.39 Å². The Morgan fingerprint density at radius 3 is 2.61 bits per heavy atom. The van der Waals surface area contributed by atoms with Gasteiger partial charge in [0.1, 0.15) is 11.6 Å². The third-order valence-electron chi connectivity index (χ3n) is 5.79. The van der Waals surface area contributed by atoms with Crippen LogP contribution >= 0.6 is 0 Å². The highest BCUT2D eigenvalue weighted by Crippen LogP contribution is 2.38. The predicted molar refractivity (Wildman–Crippen MR) is 119 cm³/mol. The Labute approximate surface area is 179 Å². The largest absolute Gasteiger partial charge is 0.496 e. The number of aromatic nitrogens is 1. The van der Waals surface area contributed by atoms with E-state index in [1.54, 1.807) is 19.2 Å². The van der Waals surface area contributed by atoms with Gasteiger partial charge in [-0.3, -0.25) is 9.78 Å². The van der Waals surface area contributed by atoms with Gasteiger partial charge in [0.2, 0.25) is 0 Å². The molecule has 0 spiro atoms. The normalized spacial score (nSPS) is 13.0. The van der Waals surface area contributed by atoms with Gasteiger partial charge in [0, 0.05) is 29.6 Å². The van der Waals surface area contributed by atoms with Gasteiger partial charge in [0.25, 0.3) is 5.91 Å². The summed E-state index contributed by atoms with van der Waals surface area (Å²) in [4.78, 5) is 19.9. The van der Waals surface area contributed by atoms with Crippen molar-refractivity contribution in [3.8, 4) is 16.9 Å². The van der Waals surface area contributed by atoms with E-state index < -0.39 is 0 Å². The lowest BCUT2D eigenvalue weighted by Crippen LogP contribution is -2.26. The smallest absolute Gasteiger partial charge is 0.255 e. The highest BCUT2D eigenvalue weighted by atomic mass is 19.1. The zero-order valence-corrected chi connectivity index (χ0v) is 17.1. The van der Waals surface area contributed by atoms with E-state index >= 15 is 0 Å². The average Bonchev–Trinajstić information content (AvgIpc) is 3.14. The molecule has 1 aliphatic rings. The second-order valence-corrected chi connectivity index (χ2v) is 7.65. The molecule has 4 nitrogen and oxygen atoms in total. The molecule has 0 aliphatic carbocycles. The Kier molecular flexibility index (Phi) is 4.86. The lowest BCUT2D eigenvalue weighted by Gasteiger charge is -2.15. The number of nitrogens with zero attached hydrogens (tertiary/aromatic N) is 2. The number of fused-ring (bicyclic) bond motifs is 2. The number of amides is 1. The summed E-state index contributed by atoms with van der Waals surface area (Å²) in [7, 11) is 1.61. The molecule has 0 atom stereocenters. The van der Waals surface area contributed by atoms with Crippen LogP contribution in [0.3, 0.4) is 0 Å². The van der Waals surface area contributed by atoms with Crippen LogP contribution in [0.5, 0.6) is 5.75 Å². The van der Waals surface area contributed by atoms with E-state index in [4.69, 9.17) is 9.72 Å². The molecular formula is C26H21FN2O2. The molecule has 0 saturated heterocycles. The first kappa shape index (κ1) is 19.2. The van der Waals surface area contributed by atoms with Crippen molar-refractivity contribution in [1.82, 2.24) is 9.88 Å². The van der Waals surface area contributed by atoms with Gasteiger partial charge in [-0.15, -0.1) is 0 Å². The molecule has 5 heteroatoms. The van der Waals surface area contributed by atoms with Gasteiger partial charge in [-0.2, -0.15) is 0 Å². The number of halogens is 1. The van der Waals surface area contributed by atoms with Crippen LogP contribution in [0.15, 0.2) is 72.8 Å². The molecule has 0 bridgehead atoms. The molecule has 2 heterocycles. The number of pyridine rings is 1. The highest BCUT2D eigenvalue weighted by molar-refractivity contribution is 6.05. The molecule has 154 valence electrons. The van der Waals surface area contributed by atoms with E-state index in [-0.39, 0.29) is 11.7 Å². The molecule has 0 N–H and O–H groups in total. The number of methoxy groups -OCH3 is 1. The fraction of sp³-hybridized carbons (Fsp3) is 0.154. The maximum absolute atomic E-state index is 13.4. The topological polar surface area (TPSA) is 42.4 Å². The Morgan fingerprint density at radius 1 is 1.00 bits per heavy atom. The van der Waals surface area contributed by atoms with Crippen molar-refractivity contribution in [3.05, 3.63) is 95.4 Å². The lowest BCUT2D eigenvalue weighted by atomic mass is 9.96. The Bertz CT molecular complexity index is 1280. The first-order chi connectivity index (χ1) is 15.1. The molecule has 1 amide bonds. The monoisotopic (exact) mass is 412 g/mol. The van der Waals surface area contributed by atoms with Crippen molar-refractivity contribution < 1.29 is 13.9 Å². The molecule has 0 saturated carbocycles. The highest BCUT2D eigenvalue weighted by Gasteiger charge is 2.32. The van der Waals surface area contributed by atoms with Crippen LogP contribution < -0.4 is 4.74 Å². The van der Waals surface area contributed by atoms with Crippen LogP contribution in [0.2, 0.25) is 0 Å². The van der Waals surface area contributed by atoms with Crippen LogP contribution in [0.4, 0.5) is 4.39 Å². The molecular weight excluding hydrogens is 391 g/mol. The van der Waals surface area contributed by atoms with E-state index in [9.17, 15) is 9.18 Å². The first-order valence-corrected chi connectivity index (χ1v) is 10.2. The van der Waals surface area contributed by atoms with Crippen LogP contribution in [0, 0.1) is 5.82 Å². The third-order valence-corrected chi connectivity index (χ3v) is 5.79. The van der Waals surface area contributed by atoms with E-state index in [1.165, 1.54) is 12.1 Å². The van der Waals surface area contributed by atoms with Crippen LogP contribution in [-0.4, -0.2) is 29.4 Å². The molecule has 4 aromatic rings. The average molecular weight is 412 g/mol. The zero-order chi connectivity index (χ0) is 21.4. The number of ether oxygens (including phenoxy) is 1. The number of carbonyl (C=O) groups is 1. The fourth-order valence-electron chi connectivity index (χ4n) is 4.19. The van der Waals surface area contributed by atoms with Crippen LogP contribution in [0.25, 0.3) is 22.0 Å². The minimum Gasteiger partial charge on any atom is -0.496 e. The number of carbonyl (C=O) groups excluding carboxylic acids is 1. The number of benzene rings is 3. The van der Waals surface area contributed by atoms with E-state index in [1.807, 2.05) is 47.4 Å². The molecule has 3 aromatic carbocycles. The molecule has 1 aliphatic heterocycles. The molecule has 5 rings (SSSR count). The maximum atomic E-state index is 13.4. The van der Waals surface area contributed by atoms with Gasteiger partial charge in [0.15, 0.2) is 0 Å². The van der Waals surface area contributed by atoms with Crippen molar-refractivity contribution >= 4 is 16.8 Å². The van der Waals surface area contributed by atoms with E-state index in [0.717, 1.165) is 33.3 Å². The van der Waals surface area contributed by atoms with Gasteiger partial charge >= 0.3 is 0 Å². The van der Waals surface area contributed by atoms with Gasteiger partial charge in [0.05, 0.1) is 24.7 Å². The van der Waals surface area contributed by atoms with Gasteiger partial charge < -0.3 is 9.64 Å². The third kappa shape index (κ3) is 3.52. The zero-order valence-electron chi connectivity index (χ0n) is 17.1. The molecule has 0 unspecified atom stereocenters. The fourth-order valence-corrected chi connectivity index (χ4v) is 4.19. The number of hydrogen-bond donors (Lipinski definition) is 0. The van der Waals surface area contributed by atoms with Crippen molar-refractivity contribution in [2.75, 3.05) is 13.7 Å². The Hall–Kier alpha value is -3.73. The SMILES string of the molecule is COc1ccc(-c2ccc(F)cc2)c2c1CN(CCc1ccc3ccccc3n1)C2=O. The summed E-state index contributed by atoms with van der Waals surface area (Å²) >= 11 is 0. The summed E-state index contributed by atoms with van der Waals surface area (Å²) in [5, 5.41) is 1.10. The first-order valence-electron chi connectivity index (χ1n) is 10.2. The number of hydrogen-bond acceptors (Lipinski definition) is 3. The van der Waals surface area contributed by atoms with Gasteiger partial charge in [-0.1, -0.05) is 36.4 Å². The lowest BCUT2D eigenvalue weighted by molar-refractivity contribution is 0.0780. The summed E-state index contributed by atoms with van der Waals surface area (Å²) < 4.78 is 18.9. The molecule has 0 fully saturated rings. The summed E-state index contributed by atoms with van der Waals surface area (Å²) in [5.41, 5.74) is 5.03. The molecule has 0 radical (unpaired) electrons. The summed E-state index contributed by atoms with van der Waals surface area (Å²) in [6, 6.07) is 22.1.